The Morgan fingerprint density at radius 1 is 1.03 bits per heavy atom. The summed E-state index contributed by atoms with van der Waals surface area (Å²) in [6.07, 6.45) is 1.45. The number of thioether (sulfide) groups is 1. The Kier molecular flexibility index (Phi) is 8.50. The van der Waals surface area contributed by atoms with Gasteiger partial charge in [-0.15, -0.1) is 10.2 Å². The summed E-state index contributed by atoms with van der Waals surface area (Å²) < 4.78 is 53.0. The van der Waals surface area contributed by atoms with Crippen LogP contribution >= 0.6 is 38.6 Å². The third-order valence-corrected chi connectivity index (χ3v) is 12.7. The van der Waals surface area contributed by atoms with Crippen LogP contribution in [0, 0.1) is 0 Å². The van der Waals surface area contributed by atoms with Crippen molar-refractivity contribution in [2.45, 2.75) is 43.1 Å². The van der Waals surface area contributed by atoms with Gasteiger partial charge < -0.3 is 18.1 Å². The number of hydrogen-bond donors (Lipinski definition) is 1. The standard InChI is InChI=1S/C18H27ClN4O6P2S/c1-5-26-30(24,27-6-2)16(31(25,28-7-3)29-8-4)18(14-11-9-10-12-15(14)19)22-23-13-20-21-17(23)32-18/h9-13,16,22H,5-8H2,1-4H3. The lowest BCUT2D eigenvalue weighted by atomic mass is 10.1. The SMILES string of the molecule is CCOP(=O)(OCC)C(C1(c2ccccc2Cl)Nn2cnnc2S1)P(=O)(OCC)OCC. The van der Waals surface area contributed by atoms with Gasteiger partial charge in [-0.3, -0.25) is 14.6 Å². The summed E-state index contributed by atoms with van der Waals surface area (Å²) in [7, 11) is -8.26. The fourth-order valence-electron chi connectivity index (χ4n) is 3.54. The zero-order valence-corrected chi connectivity index (χ0v) is 21.6. The van der Waals surface area contributed by atoms with Gasteiger partial charge in [-0.2, -0.15) is 0 Å². The van der Waals surface area contributed by atoms with Gasteiger partial charge >= 0.3 is 15.2 Å². The number of benzene rings is 1. The van der Waals surface area contributed by atoms with Crippen molar-refractivity contribution in [1.29, 1.82) is 0 Å². The van der Waals surface area contributed by atoms with Gasteiger partial charge in [0.05, 0.1) is 26.4 Å². The molecule has 2 aromatic rings. The van der Waals surface area contributed by atoms with Crippen molar-refractivity contribution in [2.24, 2.45) is 0 Å². The molecule has 1 aromatic heterocycles. The molecule has 32 heavy (non-hydrogen) atoms. The predicted octanol–water partition coefficient (Wildman–Crippen LogP) is 5.29. The van der Waals surface area contributed by atoms with Gasteiger partial charge in [0.1, 0.15) is 6.33 Å². The molecule has 10 nitrogen and oxygen atoms in total. The third kappa shape index (κ3) is 4.68. The van der Waals surface area contributed by atoms with Crippen LogP contribution < -0.4 is 5.43 Å². The molecule has 1 aliphatic rings. The molecule has 1 N–H and O–H groups in total. The number of aromatic nitrogens is 3. The summed E-state index contributed by atoms with van der Waals surface area (Å²) in [5, 5.41) is 7.38. The highest BCUT2D eigenvalue weighted by Gasteiger charge is 2.66. The Morgan fingerprint density at radius 2 is 1.56 bits per heavy atom. The van der Waals surface area contributed by atoms with E-state index in [2.05, 4.69) is 15.6 Å². The number of hydrogen-bond acceptors (Lipinski definition) is 10. The first-order chi connectivity index (χ1) is 15.3. The molecule has 3 rings (SSSR count). The smallest absolute Gasteiger partial charge is 0.308 e. The van der Waals surface area contributed by atoms with E-state index < -0.39 is 25.5 Å². The molecule has 1 atom stereocenters. The molecule has 0 saturated carbocycles. The van der Waals surface area contributed by atoms with E-state index in [4.69, 9.17) is 29.7 Å². The topological polar surface area (TPSA) is 114 Å². The second-order valence-electron chi connectivity index (χ2n) is 6.54. The van der Waals surface area contributed by atoms with Crippen molar-refractivity contribution in [3.63, 3.8) is 0 Å². The quantitative estimate of drug-likeness (QED) is 0.367. The molecule has 0 fully saturated rings. The van der Waals surface area contributed by atoms with E-state index in [-0.39, 0.29) is 26.4 Å². The first-order valence-corrected chi connectivity index (χ1v) is 14.6. The molecule has 0 amide bonds. The van der Waals surface area contributed by atoms with Gasteiger partial charge in [0.2, 0.25) is 10.6 Å². The van der Waals surface area contributed by atoms with Crippen LogP contribution in [0.5, 0.6) is 0 Å². The maximum Gasteiger partial charge on any atom is 0.349 e. The zero-order valence-electron chi connectivity index (χ0n) is 18.3. The van der Waals surface area contributed by atoms with Crippen molar-refractivity contribution >= 4 is 38.6 Å². The van der Waals surface area contributed by atoms with Crippen LogP contribution in [-0.2, 0) is 32.1 Å². The van der Waals surface area contributed by atoms with Gasteiger partial charge in [0.15, 0.2) is 4.87 Å². The van der Waals surface area contributed by atoms with E-state index in [1.54, 1.807) is 56.6 Å². The lowest BCUT2D eigenvalue weighted by Gasteiger charge is -2.42. The van der Waals surface area contributed by atoms with Crippen LogP contribution in [0.25, 0.3) is 0 Å². The first kappa shape index (κ1) is 25.7. The maximum absolute atomic E-state index is 14.3. The number of halogens is 1. The average molecular weight is 525 g/mol. The lowest BCUT2D eigenvalue weighted by molar-refractivity contribution is 0.190. The molecule has 0 spiro atoms. The number of nitrogens with zero attached hydrogens (tertiary/aromatic N) is 3. The largest absolute Gasteiger partial charge is 0.349 e. The average Bonchev–Trinajstić information content (AvgIpc) is 3.29. The minimum Gasteiger partial charge on any atom is -0.308 e. The summed E-state index contributed by atoms with van der Waals surface area (Å²) in [6, 6.07) is 6.99. The zero-order chi connectivity index (χ0) is 23.4. The Morgan fingerprint density at radius 3 is 2.03 bits per heavy atom. The Balaban J connectivity index is 2.34. The van der Waals surface area contributed by atoms with Gasteiger partial charge in [-0.1, -0.05) is 29.8 Å². The van der Waals surface area contributed by atoms with E-state index in [0.717, 1.165) is 11.8 Å². The molecule has 14 heteroatoms. The van der Waals surface area contributed by atoms with Crippen LogP contribution in [0.3, 0.4) is 0 Å². The van der Waals surface area contributed by atoms with E-state index in [9.17, 15) is 9.13 Å². The number of rotatable bonds is 12. The van der Waals surface area contributed by atoms with Crippen molar-refractivity contribution in [3.05, 3.63) is 41.2 Å². The summed E-state index contributed by atoms with van der Waals surface area (Å²) in [4.78, 5) is -1.43. The van der Waals surface area contributed by atoms with Gasteiger partial charge in [0, 0.05) is 10.6 Å². The van der Waals surface area contributed by atoms with Crippen LogP contribution in [0.1, 0.15) is 33.3 Å². The minimum atomic E-state index is -4.13. The molecular weight excluding hydrogens is 498 g/mol. The molecule has 1 aromatic carbocycles. The van der Waals surface area contributed by atoms with Crippen LogP contribution in [0.2, 0.25) is 5.02 Å². The highest BCUT2D eigenvalue weighted by atomic mass is 35.5. The Labute approximate surface area is 196 Å². The second-order valence-corrected chi connectivity index (χ2v) is 12.8. The first-order valence-electron chi connectivity index (χ1n) is 10.2. The van der Waals surface area contributed by atoms with Crippen LogP contribution in [0.15, 0.2) is 35.7 Å². The van der Waals surface area contributed by atoms with Crippen molar-refractivity contribution in [2.75, 3.05) is 31.9 Å². The fraction of sp³-hybridized carbons (Fsp3) is 0.556. The third-order valence-electron chi connectivity index (χ3n) is 4.53. The molecule has 0 aliphatic carbocycles. The molecule has 0 saturated heterocycles. The molecule has 1 aliphatic heterocycles. The molecular formula is C18H27ClN4O6P2S. The van der Waals surface area contributed by atoms with E-state index in [1.807, 2.05) is 0 Å². The van der Waals surface area contributed by atoms with E-state index >= 15 is 0 Å². The number of nitrogens with one attached hydrogen (secondary N) is 1. The van der Waals surface area contributed by atoms with Gasteiger partial charge in [-0.25, -0.2) is 4.68 Å². The molecule has 1 unspecified atom stereocenters. The highest BCUT2D eigenvalue weighted by Crippen LogP contribution is 2.77. The Bertz CT molecular complexity index is 954. The summed E-state index contributed by atoms with van der Waals surface area (Å²) >= 11 is 7.77. The number of fused-ring (bicyclic) bond motifs is 1. The normalized spacial score (nSPS) is 18.7. The summed E-state index contributed by atoms with van der Waals surface area (Å²) in [5.74, 6) is 0. The lowest BCUT2D eigenvalue weighted by Crippen LogP contribution is -2.45. The van der Waals surface area contributed by atoms with Crippen molar-refractivity contribution in [1.82, 2.24) is 14.9 Å². The maximum atomic E-state index is 14.3. The molecule has 2 heterocycles. The molecule has 0 bridgehead atoms. The Hall–Kier alpha value is -0.900. The monoisotopic (exact) mass is 524 g/mol. The highest BCUT2D eigenvalue weighted by molar-refractivity contribution is 8.01. The summed E-state index contributed by atoms with van der Waals surface area (Å²) in [6.45, 7) is 6.96. The molecule has 0 radical (unpaired) electrons. The van der Waals surface area contributed by atoms with E-state index in [1.165, 1.54) is 6.33 Å². The van der Waals surface area contributed by atoms with Crippen molar-refractivity contribution in [3.8, 4) is 0 Å². The van der Waals surface area contributed by atoms with E-state index in [0.29, 0.717) is 15.7 Å². The minimum absolute atomic E-state index is 0.0570. The molecule has 178 valence electrons. The second kappa shape index (κ2) is 10.6. The fourth-order valence-corrected chi connectivity index (χ4v) is 11.7. The van der Waals surface area contributed by atoms with Crippen LogP contribution in [0.4, 0.5) is 0 Å². The van der Waals surface area contributed by atoms with Crippen LogP contribution in [-0.4, -0.2) is 46.7 Å². The van der Waals surface area contributed by atoms with Gasteiger partial charge in [-0.05, 0) is 45.5 Å². The van der Waals surface area contributed by atoms with Gasteiger partial charge in [0.25, 0.3) is 0 Å². The predicted molar refractivity (Wildman–Crippen MR) is 124 cm³/mol. The van der Waals surface area contributed by atoms with Crippen molar-refractivity contribution < 1.29 is 27.2 Å². The summed E-state index contributed by atoms with van der Waals surface area (Å²) in [5.41, 5.74) is 3.74.